The van der Waals surface area contributed by atoms with E-state index in [9.17, 15) is 4.79 Å². The Bertz CT molecular complexity index is 564. The fourth-order valence-electron chi connectivity index (χ4n) is 1.49. The lowest BCUT2D eigenvalue weighted by atomic mass is 10.3. The highest BCUT2D eigenvalue weighted by atomic mass is 32.2. The van der Waals surface area contributed by atoms with E-state index in [-0.39, 0.29) is 11.2 Å². The molecule has 100 valence electrons. The molecule has 1 aromatic heterocycles. The standard InChI is InChI=1S/C13H16N4OS/c1-9(19-13-15-7-8-17(13)2)12(18)16-11-5-3-10(14)4-6-11/h3-9H,14H2,1-2H3,(H,16,18). The molecular weight excluding hydrogens is 260 g/mol. The number of thioether (sulfide) groups is 1. The van der Waals surface area contributed by atoms with Gasteiger partial charge in [-0.05, 0) is 31.2 Å². The average molecular weight is 276 g/mol. The van der Waals surface area contributed by atoms with Gasteiger partial charge in [-0.15, -0.1) is 0 Å². The third-order valence-corrected chi connectivity index (χ3v) is 3.78. The zero-order valence-electron chi connectivity index (χ0n) is 10.8. The maximum Gasteiger partial charge on any atom is 0.237 e. The second-order valence-electron chi connectivity index (χ2n) is 4.19. The topological polar surface area (TPSA) is 72.9 Å². The summed E-state index contributed by atoms with van der Waals surface area (Å²) in [6, 6.07) is 7.08. The number of amides is 1. The van der Waals surface area contributed by atoms with Crippen molar-refractivity contribution >= 4 is 29.0 Å². The molecule has 0 saturated carbocycles. The quantitative estimate of drug-likeness (QED) is 0.662. The number of nitrogen functional groups attached to an aromatic ring is 1. The van der Waals surface area contributed by atoms with Gasteiger partial charge in [0.15, 0.2) is 5.16 Å². The molecule has 19 heavy (non-hydrogen) atoms. The van der Waals surface area contributed by atoms with Gasteiger partial charge in [-0.2, -0.15) is 0 Å². The first-order chi connectivity index (χ1) is 9.06. The number of hydrogen-bond acceptors (Lipinski definition) is 4. The minimum atomic E-state index is -0.223. The maximum atomic E-state index is 12.0. The number of anilines is 2. The summed E-state index contributed by atoms with van der Waals surface area (Å²) in [5, 5.41) is 3.44. The van der Waals surface area contributed by atoms with Crippen LogP contribution in [0, 0.1) is 0 Å². The van der Waals surface area contributed by atoms with Crippen LogP contribution >= 0.6 is 11.8 Å². The van der Waals surface area contributed by atoms with E-state index < -0.39 is 0 Å². The maximum absolute atomic E-state index is 12.0. The van der Waals surface area contributed by atoms with Crippen molar-refractivity contribution in [1.82, 2.24) is 9.55 Å². The fraction of sp³-hybridized carbons (Fsp3) is 0.231. The number of imidazole rings is 1. The normalized spacial score (nSPS) is 12.1. The number of carbonyl (C=O) groups is 1. The summed E-state index contributed by atoms with van der Waals surface area (Å²) >= 11 is 1.42. The molecular formula is C13H16N4OS. The van der Waals surface area contributed by atoms with Gasteiger partial charge in [-0.25, -0.2) is 4.98 Å². The van der Waals surface area contributed by atoms with Gasteiger partial charge in [0, 0.05) is 30.8 Å². The minimum Gasteiger partial charge on any atom is -0.399 e. The van der Waals surface area contributed by atoms with Crippen LogP contribution in [0.1, 0.15) is 6.92 Å². The number of nitrogens with zero attached hydrogens (tertiary/aromatic N) is 2. The highest BCUT2D eigenvalue weighted by Gasteiger charge is 2.16. The SMILES string of the molecule is CC(Sc1nccn1C)C(=O)Nc1ccc(N)cc1. The number of nitrogens with one attached hydrogen (secondary N) is 1. The van der Waals surface area contributed by atoms with Crippen molar-refractivity contribution in [2.75, 3.05) is 11.1 Å². The third kappa shape index (κ3) is 3.51. The fourth-order valence-corrected chi connectivity index (χ4v) is 2.32. The monoisotopic (exact) mass is 276 g/mol. The van der Waals surface area contributed by atoms with Crippen molar-refractivity contribution in [2.45, 2.75) is 17.3 Å². The number of aryl methyl sites for hydroxylation is 1. The minimum absolute atomic E-state index is 0.0576. The van der Waals surface area contributed by atoms with E-state index in [1.807, 2.05) is 24.7 Å². The van der Waals surface area contributed by atoms with E-state index in [1.165, 1.54) is 11.8 Å². The van der Waals surface area contributed by atoms with Crippen LogP contribution in [-0.4, -0.2) is 20.7 Å². The van der Waals surface area contributed by atoms with E-state index in [1.54, 1.807) is 30.5 Å². The van der Waals surface area contributed by atoms with Crippen molar-refractivity contribution in [2.24, 2.45) is 7.05 Å². The van der Waals surface area contributed by atoms with E-state index in [2.05, 4.69) is 10.3 Å². The lowest BCUT2D eigenvalue weighted by Crippen LogP contribution is -2.22. The molecule has 1 heterocycles. The molecule has 6 heteroatoms. The Morgan fingerprint density at radius 3 is 2.68 bits per heavy atom. The van der Waals surface area contributed by atoms with E-state index in [4.69, 9.17) is 5.73 Å². The first kappa shape index (κ1) is 13.5. The van der Waals surface area contributed by atoms with Crippen LogP contribution in [0.4, 0.5) is 11.4 Å². The van der Waals surface area contributed by atoms with E-state index >= 15 is 0 Å². The predicted molar refractivity (Wildman–Crippen MR) is 78.0 cm³/mol. The Morgan fingerprint density at radius 2 is 2.11 bits per heavy atom. The second kappa shape index (κ2) is 5.79. The third-order valence-electron chi connectivity index (χ3n) is 2.61. The number of carbonyl (C=O) groups excluding carboxylic acids is 1. The van der Waals surface area contributed by atoms with Gasteiger partial charge >= 0.3 is 0 Å². The van der Waals surface area contributed by atoms with Gasteiger partial charge in [0.1, 0.15) is 0 Å². The molecule has 0 bridgehead atoms. The molecule has 0 radical (unpaired) electrons. The molecule has 1 unspecified atom stereocenters. The predicted octanol–water partition coefficient (Wildman–Crippen LogP) is 2.12. The zero-order valence-corrected chi connectivity index (χ0v) is 11.6. The van der Waals surface area contributed by atoms with E-state index in [0.717, 1.165) is 10.8 Å². The molecule has 0 aliphatic rings. The lowest BCUT2D eigenvalue weighted by molar-refractivity contribution is -0.115. The molecule has 1 atom stereocenters. The van der Waals surface area contributed by atoms with Gasteiger partial charge < -0.3 is 15.6 Å². The smallest absolute Gasteiger partial charge is 0.237 e. The number of nitrogens with two attached hydrogens (primary N) is 1. The van der Waals surface area contributed by atoms with Crippen LogP contribution in [0.3, 0.4) is 0 Å². The Balaban J connectivity index is 1.96. The lowest BCUT2D eigenvalue weighted by Gasteiger charge is -2.11. The molecule has 1 amide bonds. The van der Waals surface area contributed by atoms with Crippen LogP contribution in [-0.2, 0) is 11.8 Å². The highest BCUT2D eigenvalue weighted by molar-refractivity contribution is 8.00. The number of benzene rings is 1. The van der Waals surface area contributed by atoms with Crippen molar-refractivity contribution < 1.29 is 4.79 Å². The number of hydrogen-bond donors (Lipinski definition) is 2. The number of rotatable bonds is 4. The van der Waals surface area contributed by atoms with Crippen LogP contribution < -0.4 is 11.1 Å². The molecule has 2 rings (SSSR count). The van der Waals surface area contributed by atoms with Crippen molar-refractivity contribution in [3.8, 4) is 0 Å². The van der Waals surface area contributed by atoms with Gasteiger partial charge in [0.05, 0.1) is 5.25 Å². The van der Waals surface area contributed by atoms with Gasteiger partial charge in [-0.1, -0.05) is 11.8 Å². The number of aromatic nitrogens is 2. The molecule has 0 aliphatic heterocycles. The Hall–Kier alpha value is -1.95. The summed E-state index contributed by atoms with van der Waals surface area (Å²) < 4.78 is 1.89. The first-order valence-electron chi connectivity index (χ1n) is 5.86. The Kier molecular flexibility index (Phi) is 4.11. The largest absolute Gasteiger partial charge is 0.399 e. The summed E-state index contributed by atoms with van der Waals surface area (Å²) in [6.45, 7) is 1.85. The second-order valence-corrected chi connectivity index (χ2v) is 5.50. The van der Waals surface area contributed by atoms with Crippen LogP contribution in [0.25, 0.3) is 0 Å². The molecule has 0 aliphatic carbocycles. The van der Waals surface area contributed by atoms with Crippen LogP contribution in [0.15, 0.2) is 41.8 Å². The first-order valence-corrected chi connectivity index (χ1v) is 6.74. The van der Waals surface area contributed by atoms with Crippen molar-refractivity contribution in [3.05, 3.63) is 36.7 Å². The average Bonchev–Trinajstić information content (AvgIpc) is 2.78. The van der Waals surface area contributed by atoms with E-state index in [0.29, 0.717) is 5.69 Å². The molecule has 0 spiro atoms. The Morgan fingerprint density at radius 1 is 1.42 bits per heavy atom. The summed E-state index contributed by atoms with van der Waals surface area (Å²) in [4.78, 5) is 16.2. The van der Waals surface area contributed by atoms with Gasteiger partial charge in [-0.3, -0.25) is 4.79 Å². The summed E-state index contributed by atoms with van der Waals surface area (Å²) in [6.07, 6.45) is 3.57. The zero-order chi connectivity index (χ0) is 13.8. The molecule has 3 N–H and O–H groups in total. The molecule has 5 nitrogen and oxygen atoms in total. The molecule has 2 aromatic rings. The highest BCUT2D eigenvalue weighted by Crippen LogP contribution is 2.22. The van der Waals surface area contributed by atoms with Crippen molar-refractivity contribution in [1.29, 1.82) is 0 Å². The van der Waals surface area contributed by atoms with Gasteiger partial charge in [0.2, 0.25) is 5.91 Å². The van der Waals surface area contributed by atoms with Crippen molar-refractivity contribution in [3.63, 3.8) is 0 Å². The summed E-state index contributed by atoms with van der Waals surface area (Å²) in [7, 11) is 1.90. The Labute approximate surface area is 116 Å². The summed E-state index contributed by atoms with van der Waals surface area (Å²) in [5.74, 6) is -0.0576. The molecule has 0 saturated heterocycles. The summed E-state index contributed by atoms with van der Waals surface area (Å²) in [5.41, 5.74) is 7.01. The van der Waals surface area contributed by atoms with Gasteiger partial charge in [0.25, 0.3) is 0 Å². The van der Waals surface area contributed by atoms with Crippen LogP contribution in [0.5, 0.6) is 0 Å². The molecule has 0 fully saturated rings. The molecule has 1 aromatic carbocycles. The van der Waals surface area contributed by atoms with Crippen LogP contribution in [0.2, 0.25) is 0 Å².